The summed E-state index contributed by atoms with van der Waals surface area (Å²) < 4.78 is 2.06. The normalized spacial score (nSPS) is 11.1. The standard InChI is InChI=1S/C14H18N2/c1-10(2)12-6-5-7-13(11(12)3)14-8-15-9-16(14)4/h5-10H,1-4H3. The second-order valence-electron chi connectivity index (χ2n) is 4.56. The van der Waals surface area contributed by atoms with E-state index < -0.39 is 0 Å². The average Bonchev–Trinajstić information content (AvgIpc) is 2.64. The highest BCUT2D eigenvalue weighted by atomic mass is 15.0. The summed E-state index contributed by atoms with van der Waals surface area (Å²) in [5, 5.41) is 0. The monoisotopic (exact) mass is 214 g/mol. The highest BCUT2D eigenvalue weighted by Gasteiger charge is 2.10. The van der Waals surface area contributed by atoms with Gasteiger partial charge >= 0.3 is 0 Å². The molecule has 0 aliphatic rings. The lowest BCUT2D eigenvalue weighted by molar-refractivity contribution is 0.855. The van der Waals surface area contributed by atoms with Crippen LogP contribution < -0.4 is 0 Å². The minimum Gasteiger partial charge on any atom is -0.334 e. The maximum Gasteiger partial charge on any atom is 0.0948 e. The molecular formula is C14H18N2. The van der Waals surface area contributed by atoms with E-state index in [9.17, 15) is 0 Å². The third kappa shape index (κ3) is 1.75. The van der Waals surface area contributed by atoms with Gasteiger partial charge in [0.25, 0.3) is 0 Å². The summed E-state index contributed by atoms with van der Waals surface area (Å²) >= 11 is 0. The van der Waals surface area contributed by atoms with E-state index in [1.54, 1.807) is 0 Å². The molecule has 0 amide bonds. The minimum atomic E-state index is 0.563. The van der Waals surface area contributed by atoms with Gasteiger partial charge in [0.1, 0.15) is 0 Å². The third-order valence-electron chi connectivity index (χ3n) is 3.09. The summed E-state index contributed by atoms with van der Waals surface area (Å²) in [5.41, 5.74) is 5.24. The molecule has 0 fully saturated rings. The van der Waals surface area contributed by atoms with Crippen molar-refractivity contribution in [1.82, 2.24) is 9.55 Å². The minimum absolute atomic E-state index is 0.563. The highest BCUT2D eigenvalue weighted by Crippen LogP contribution is 2.28. The molecule has 1 aromatic heterocycles. The summed E-state index contributed by atoms with van der Waals surface area (Å²) in [5.74, 6) is 0.563. The maximum absolute atomic E-state index is 4.18. The molecule has 84 valence electrons. The van der Waals surface area contributed by atoms with Crippen molar-refractivity contribution in [3.63, 3.8) is 0 Å². The van der Waals surface area contributed by atoms with Gasteiger partial charge in [0.05, 0.1) is 18.2 Å². The zero-order chi connectivity index (χ0) is 11.7. The molecule has 16 heavy (non-hydrogen) atoms. The predicted octanol–water partition coefficient (Wildman–Crippen LogP) is 3.52. The molecule has 0 radical (unpaired) electrons. The molecule has 0 spiro atoms. The van der Waals surface area contributed by atoms with Crippen LogP contribution in [-0.4, -0.2) is 9.55 Å². The lowest BCUT2D eigenvalue weighted by Gasteiger charge is -2.14. The number of imidazole rings is 1. The largest absolute Gasteiger partial charge is 0.334 e. The Morgan fingerprint density at radius 2 is 2.00 bits per heavy atom. The van der Waals surface area contributed by atoms with Gasteiger partial charge in [0, 0.05) is 12.6 Å². The lowest BCUT2D eigenvalue weighted by atomic mass is 9.93. The second-order valence-corrected chi connectivity index (χ2v) is 4.56. The van der Waals surface area contributed by atoms with E-state index in [-0.39, 0.29) is 0 Å². The Hall–Kier alpha value is -1.57. The zero-order valence-electron chi connectivity index (χ0n) is 10.4. The van der Waals surface area contributed by atoms with Gasteiger partial charge in [-0.1, -0.05) is 32.0 Å². The number of hydrogen-bond donors (Lipinski definition) is 0. The Balaban J connectivity index is 2.59. The van der Waals surface area contributed by atoms with Crippen molar-refractivity contribution in [1.29, 1.82) is 0 Å². The quantitative estimate of drug-likeness (QED) is 0.748. The van der Waals surface area contributed by atoms with Crippen molar-refractivity contribution in [2.45, 2.75) is 26.7 Å². The molecule has 2 aromatic rings. The molecule has 1 heterocycles. The summed E-state index contributed by atoms with van der Waals surface area (Å²) in [6.45, 7) is 6.66. The molecule has 0 aliphatic carbocycles. The summed E-state index contributed by atoms with van der Waals surface area (Å²) in [4.78, 5) is 4.18. The van der Waals surface area contributed by atoms with Crippen molar-refractivity contribution in [3.05, 3.63) is 41.9 Å². The number of hydrogen-bond acceptors (Lipinski definition) is 1. The van der Waals surface area contributed by atoms with Crippen molar-refractivity contribution in [2.24, 2.45) is 7.05 Å². The first kappa shape index (κ1) is 10.9. The van der Waals surface area contributed by atoms with Crippen LogP contribution in [0.5, 0.6) is 0 Å². The molecule has 2 heteroatoms. The smallest absolute Gasteiger partial charge is 0.0948 e. The highest BCUT2D eigenvalue weighted by molar-refractivity contribution is 5.65. The zero-order valence-corrected chi connectivity index (χ0v) is 10.4. The number of benzene rings is 1. The van der Waals surface area contributed by atoms with E-state index in [2.05, 4.69) is 48.5 Å². The van der Waals surface area contributed by atoms with E-state index in [0.717, 1.165) is 0 Å². The van der Waals surface area contributed by atoms with Gasteiger partial charge in [-0.15, -0.1) is 0 Å². The number of nitrogens with zero attached hydrogens (tertiary/aromatic N) is 2. The van der Waals surface area contributed by atoms with Gasteiger partial charge in [-0.25, -0.2) is 4.98 Å². The van der Waals surface area contributed by atoms with Gasteiger partial charge in [-0.05, 0) is 24.0 Å². The topological polar surface area (TPSA) is 17.8 Å². The Bertz CT molecular complexity index is 495. The van der Waals surface area contributed by atoms with Gasteiger partial charge < -0.3 is 4.57 Å². The summed E-state index contributed by atoms with van der Waals surface area (Å²) in [7, 11) is 2.03. The molecule has 0 saturated heterocycles. The number of aryl methyl sites for hydroxylation is 1. The van der Waals surface area contributed by atoms with Crippen molar-refractivity contribution >= 4 is 0 Å². The van der Waals surface area contributed by atoms with Crippen molar-refractivity contribution in [2.75, 3.05) is 0 Å². The average molecular weight is 214 g/mol. The van der Waals surface area contributed by atoms with E-state index in [1.165, 1.54) is 22.4 Å². The van der Waals surface area contributed by atoms with Crippen LogP contribution in [-0.2, 0) is 7.05 Å². The van der Waals surface area contributed by atoms with E-state index in [1.807, 2.05) is 19.6 Å². The maximum atomic E-state index is 4.18. The summed E-state index contributed by atoms with van der Waals surface area (Å²) in [6, 6.07) is 6.50. The lowest BCUT2D eigenvalue weighted by Crippen LogP contribution is -1.97. The molecule has 1 aromatic carbocycles. The van der Waals surface area contributed by atoms with E-state index in [0.29, 0.717) is 5.92 Å². The molecular weight excluding hydrogens is 196 g/mol. The molecule has 0 atom stereocenters. The Labute approximate surface area is 97.0 Å². The van der Waals surface area contributed by atoms with Crippen LogP contribution in [0, 0.1) is 6.92 Å². The number of rotatable bonds is 2. The van der Waals surface area contributed by atoms with Crippen LogP contribution in [0.25, 0.3) is 11.3 Å². The molecule has 0 unspecified atom stereocenters. The first-order valence-electron chi connectivity index (χ1n) is 5.67. The Morgan fingerprint density at radius 1 is 1.25 bits per heavy atom. The predicted molar refractivity (Wildman–Crippen MR) is 67.5 cm³/mol. The Kier molecular flexibility index (Phi) is 2.82. The molecule has 0 N–H and O–H groups in total. The van der Waals surface area contributed by atoms with Crippen LogP contribution in [0.2, 0.25) is 0 Å². The number of aromatic nitrogens is 2. The van der Waals surface area contributed by atoms with Crippen LogP contribution in [0.1, 0.15) is 30.9 Å². The fraction of sp³-hybridized carbons (Fsp3) is 0.357. The van der Waals surface area contributed by atoms with Gasteiger partial charge in [0.2, 0.25) is 0 Å². The van der Waals surface area contributed by atoms with Crippen LogP contribution in [0.4, 0.5) is 0 Å². The van der Waals surface area contributed by atoms with Crippen molar-refractivity contribution in [3.8, 4) is 11.3 Å². The van der Waals surface area contributed by atoms with Crippen LogP contribution in [0.15, 0.2) is 30.7 Å². The Morgan fingerprint density at radius 3 is 2.56 bits per heavy atom. The van der Waals surface area contributed by atoms with Crippen molar-refractivity contribution < 1.29 is 0 Å². The molecule has 2 rings (SSSR count). The van der Waals surface area contributed by atoms with Crippen LogP contribution >= 0.6 is 0 Å². The molecule has 0 aliphatic heterocycles. The fourth-order valence-corrected chi connectivity index (χ4v) is 2.17. The second kappa shape index (κ2) is 4.12. The molecule has 0 bridgehead atoms. The van der Waals surface area contributed by atoms with E-state index in [4.69, 9.17) is 0 Å². The van der Waals surface area contributed by atoms with Gasteiger partial charge in [-0.3, -0.25) is 0 Å². The molecule has 2 nitrogen and oxygen atoms in total. The van der Waals surface area contributed by atoms with Gasteiger partial charge in [0.15, 0.2) is 0 Å². The van der Waals surface area contributed by atoms with Crippen LogP contribution in [0.3, 0.4) is 0 Å². The van der Waals surface area contributed by atoms with E-state index >= 15 is 0 Å². The molecule has 0 saturated carbocycles. The summed E-state index contributed by atoms with van der Waals surface area (Å²) in [6.07, 6.45) is 3.77. The first-order chi connectivity index (χ1) is 7.61. The first-order valence-corrected chi connectivity index (χ1v) is 5.67. The SMILES string of the molecule is Cc1c(-c2cncn2C)cccc1C(C)C. The van der Waals surface area contributed by atoms with Gasteiger partial charge in [-0.2, -0.15) is 0 Å². The fourth-order valence-electron chi connectivity index (χ4n) is 2.17. The third-order valence-corrected chi connectivity index (χ3v) is 3.09.